The van der Waals surface area contributed by atoms with Gasteiger partial charge in [-0.1, -0.05) is 49.3 Å². The monoisotopic (exact) mass is 330 g/mol. The van der Waals surface area contributed by atoms with Gasteiger partial charge in [0.2, 0.25) is 0 Å². The third-order valence-electron chi connectivity index (χ3n) is 3.42. The molecule has 2 rings (SSSR count). The average molecular weight is 330 g/mol. The molecule has 0 radical (unpaired) electrons. The van der Waals surface area contributed by atoms with E-state index in [9.17, 15) is 4.79 Å². The van der Waals surface area contributed by atoms with Crippen molar-refractivity contribution in [3.63, 3.8) is 0 Å². The van der Waals surface area contributed by atoms with Crippen molar-refractivity contribution in [2.75, 3.05) is 6.61 Å². The molecule has 0 saturated carbocycles. The summed E-state index contributed by atoms with van der Waals surface area (Å²) >= 11 is 1.62. The molecular weight excluding hydrogens is 308 g/mol. The zero-order valence-electron chi connectivity index (χ0n) is 13.7. The zero-order chi connectivity index (χ0) is 16.7. The van der Waals surface area contributed by atoms with E-state index in [0.29, 0.717) is 5.92 Å². The third kappa shape index (κ3) is 5.53. The van der Waals surface area contributed by atoms with Gasteiger partial charge >= 0.3 is 0 Å². The number of amides is 1. The van der Waals surface area contributed by atoms with Crippen LogP contribution in [0.5, 0.6) is 0 Å². The smallest absolute Gasteiger partial charge is 0.261 e. The first-order valence-corrected chi connectivity index (χ1v) is 8.52. The molecule has 122 valence electrons. The number of thiophene rings is 1. The molecule has 0 bridgehead atoms. The predicted octanol–water partition coefficient (Wildman–Crippen LogP) is 4.10. The van der Waals surface area contributed by atoms with Crippen LogP contribution in [0.3, 0.4) is 0 Å². The number of rotatable bonds is 7. The second kappa shape index (κ2) is 8.48. The molecule has 1 heterocycles. The van der Waals surface area contributed by atoms with Gasteiger partial charge in [0.1, 0.15) is 0 Å². The van der Waals surface area contributed by atoms with Crippen molar-refractivity contribution in [3.05, 3.63) is 57.8 Å². The zero-order valence-corrected chi connectivity index (χ0v) is 14.5. The molecule has 0 aliphatic rings. The SMILES string of the molecule is CC(C)c1ccc(/C=N/OCC(=O)NC(C)c2cccs2)cc1. The lowest BCUT2D eigenvalue weighted by molar-refractivity contribution is -0.126. The second-order valence-electron chi connectivity index (χ2n) is 5.63. The van der Waals surface area contributed by atoms with Crippen LogP contribution in [-0.4, -0.2) is 18.7 Å². The molecule has 23 heavy (non-hydrogen) atoms. The van der Waals surface area contributed by atoms with Gasteiger partial charge in [0.05, 0.1) is 12.3 Å². The largest absolute Gasteiger partial charge is 0.386 e. The Morgan fingerprint density at radius 1 is 1.26 bits per heavy atom. The first-order chi connectivity index (χ1) is 11.1. The van der Waals surface area contributed by atoms with E-state index in [1.54, 1.807) is 17.6 Å². The number of nitrogens with zero attached hydrogens (tertiary/aromatic N) is 1. The maximum atomic E-state index is 11.8. The third-order valence-corrected chi connectivity index (χ3v) is 4.48. The van der Waals surface area contributed by atoms with Gasteiger partial charge in [-0.15, -0.1) is 11.3 Å². The molecule has 1 N–H and O–H groups in total. The number of nitrogens with one attached hydrogen (secondary N) is 1. The highest BCUT2D eigenvalue weighted by Gasteiger charge is 2.10. The van der Waals surface area contributed by atoms with Crippen molar-refractivity contribution >= 4 is 23.5 Å². The first-order valence-electron chi connectivity index (χ1n) is 7.64. The van der Waals surface area contributed by atoms with E-state index in [1.807, 2.05) is 36.6 Å². The first kappa shape index (κ1) is 17.2. The van der Waals surface area contributed by atoms with Gasteiger partial charge in [-0.05, 0) is 35.4 Å². The fourth-order valence-corrected chi connectivity index (χ4v) is 2.79. The lowest BCUT2D eigenvalue weighted by Crippen LogP contribution is -2.29. The van der Waals surface area contributed by atoms with Crippen LogP contribution in [0.15, 0.2) is 46.9 Å². The molecule has 0 saturated heterocycles. The van der Waals surface area contributed by atoms with Crippen LogP contribution >= 0.6 is 11.3 Å². The maximum absolute atomic E-state index is 11.8. The molecule has 1 atom stereocenters. The molecular formula is C18H22N2O2S. The molecule has 2 aromatic rings. The summed E-state index contributed by atoms with van der Waals surface area (Å²) in [4.78, 5) is 17.9. The molecule has 0 aliphatic carbocycles. The average Bonchev–Trinajstić information content (AvgIpc) is 3.06. The van der Waals surface area contributed by atoms with Gasteiger partial charge < -0.3 is 10.2 Å². The van der Waals surface area contributed by atoms with Gasteiger partial charge in [-0.2, -0.15) is 0 Å². The number of hydrogen-bond donors (Lipinski definition) is 1. The summed E-state index contributed by atoms with van der Waals surface area (Å²) in [5, 5.41) is 8.71. The lowest BCUT2D eigenvalue weighted by atomic mass is 10.0. The van der Waals surface area contributed by atoms with E-state index in [2.05, 4.69) is 36.5 Å². The van der Waals surface area contributed by atoms with E-state index >= 15 is 0 Å². The van der Waals surface area contributed by atoms with E-state index in [1.165, 1.54) is 5.56 Å². The number of benzene rings is 1. The fourth-order valence-electron chi connectivity index (χ4n) is 2.05. The number of carbonyl (C=O) groups excluding carboxylic acids is 1. The number of carbonyl (C=O) groups is 1. The number of hydrogen-bond acceptors (Lipinski definition) is 4. The van der Waals surface area contributed by atoms with Crippen molar-refractivity contribution in [2.45, 2.75) is 32.7 Å². The molecule has 5 heteroatoms. The Morgan fingerprint density at radius 2 is 2.00 bits per heavy atom. The minimum absolute atomic E-state index is 0.0151. The van der Waals surface area contributed by atoms with Crippen LogP contribution < -0.4 is 5.32 Å². The highest BCUT2D eigenvalue weighted by molar-refractivity contribution is 7.10. The lowest BCUT2D eigenvalue weighted by Gasteiger charge is -2.11. The van der Waals surface area contributed by atoms with Gasteiger partial charge in [-0.25, -0.2) is 0 Å². The minimum Gasteiger partial charge on any atom is -0.386 e. The Morgan fingerprint density at radius 3 is 2.61 bits per heavy atom. The fraction of sp³-hybridized carbons (Fsp3) is 0.333. The Labute approximate surface area is 141 Å². The van der Waals surface area contributed by atoms with Crippen molar-refractivity contribution in [2.24, 2.45) is 5.16 Å². The molecule has 1 aromatic heterocycles. The van der Waals surface area contributed by atoms with E-state index in [4.69, 9.17) is 4.84 Å². The van der Waals surface area contributed by atoms with E-state index in [-0.39, 0.29) is 18.6 Å². The van der Waals surface area contributed by atoms with Gasteiger partial charge in [0.15, 0.2) is 6.61 Å². The Kier molecular flexibility index (Phi) is 6.35. The summed E-state index contributed by atoms with van der Waals surface area (Å²) in [5.74, 6) is 0.324. The van der Waals surface area contributed by atoms with Crippen molar-refractivity contribution < 1.29 is 9.63 Å². The highest BCUT2D eigenvalue weighted by Crippen LogP contribution is 2.17. The van der Waals surface area contributed by atoms with Gasteiger partial charge in [-0.3, -0.25) is 4.79 Å². The van der Waals surface area contributed by atoms with Crippen LogP contribution in [0.25, 0.3) is 0 Å². The normalized spacial score (nSPS) is 12.5. The predicted molar refractivity (Wildman–Crippen MR) is 95.0 cm³/mol. The summed E-state index contributed by atoms with van der Waals surface area (Å²) < 4.78 is 0. The highest BCUT2D eigenvalue weighted by atomic mass is 32.1. The van der Waals surface area contributed by atoms with Crippen molar-refractivity contribution in [3.8, 4) is 0 Å². The van der Waals surface area contributed by atoms with Crippen LogP contribution in [0, 0.1) is 0 Å². The van der Waals surface area contributed by atoms with Gasteiger partial charge in [0.25, 0.3) is 5.91 Å². The Bertz CT molecular complexity index is 634. The number of oxime groups is 1. The van der Waals surface area contributed by atoms with Crippen LogP contribution in [-0.2, 0) is 9.63 Å². The quantitative estimate of drug-likeness (QED) is 0.614. The van der Waals surface area contributed by atoms with Crippen LogP contribution in [0.1, 0.15) is 48.7 Å². The molecule has 0 fully saturated rings. The van der Waals surface area contributed by atoms with E-state index < -0.39 is 0 Å². The standard InChI is InChI=1S/C18H22N2O2S/c1-13(2)16-8-6-15(7-9-16)11-19-22-12-18(21)20-14(3)17-5-4-10-23-17/h4-11,13-14H,12H2,1-3H3,(H,20,21)/b19-11+. The van der Waals surface area contributed by atoms with Crippen molar-refractivity contribution in [1.82, 2.24) is 5.32 Å². The minimum atomic E-state index is -0.182. The molecule has 0 aliphatic heterocycles. The second-order valence-corrected chi connectivity index (χ2v) is 6.61. The molecule has 1 amide bonds. The molecule has 1 aromatic carbocycles. The van der Waals surface area contributed by atoms with Crippen molar-refractivity contribution in [1.29, 1.82) is 0 Å². The van der Waals surface area contributed by atoms with Crippen LogP contribution in [0.4, 0.5) is 0 Å². The van der Waals surface area contributed by atoms with Crippen LogP contribution in [0.2, 0.25) is 0 Å². The summed E-state index contributed by atoms with van der Waals surface area (Å²) in [7, 11) is 0. The summed E-state index contributed by atoms with van der Waals surface area (Å²) in [6.45, 7) is 6.17. The Hall–Kier alpha value is -2.14. The maximum Gasteiger partial charge on any atom is 0.261 e. The summed E-state index contributed by atoms with van der Waals surface area (Å²) in [6, 6.07) is 12.1. The van der Waals surface area contributed by atoms with E-state index in [0.717, 1.165) is 10.4 Å². The summed E-state index contributed by atoms with van der Waals surface area (Å²) in [6.07, 6.45) is 1.61. The summed E-state index contributed by atoms with van der Waals surface area (Å²) in [5.41, 5.74) is 2.23. The van der Waals surface area contributed by atoms with Gasteiger partial charge in [0, 0.05) is 4.88 Å². The molecule has 0 spiro atoms. The molecule has 1 unspecified atom stereocenters. The topological polar surface area (TPSA) is 50.7 Å². The molecule has 4 nitrogen and oxygen atoms in total. The Balaban J connectivity index is 1.74.